The molecule has 0 fully saturated rings. The topological polar surface area (TPSA) is 59.6 Å². The van der Waals surface area contributed by atoms with Crippen LogP contribution in [0.25, 0.3) is 21.9 Å². The number of fused-ring (bicyclic) bond motifs is 3. The Morgan fingerprint density at radius 2 is 2.19 bits per heavy atom. The lowest BCUT2D eigenvalue weighted by Crippen LogP contribution is -2.00. The molecule has 4 aromatic rings. The van der Waals surface area contributed by atoms with Crippen molar-refractivity contribution in [3.63, 3.8) is 0 Å². The maximum atomic E-state index is 5.44. The second-order valence-electron chi connectivity index (χ2n) is 4.98. The van der Waals surface area contributed by atoms with E-state index in [1.54, 1.807) is 0 Å². The number of hydrogen-bond acceptors (Lipinski definition) is 4. The zero-order valence-electron chi connectivity index (χ0n) is 11.3. The van der Waals surface area contributed by atoms with Gasteiger partial charge in [0.1, 0.15) is 11.5 Å². The van der Waals surface area contributed by atoms with Crippen molar-refractivity contribution in [1.29, 1.82) is 0 Å². The largest absolute Gasteiger partial charge is 0.361 e. The first-order valence-corrected chi connectivity index (χ1v) is 7.01. The molecular formula is C15H12N4OS. The summed E-state index contributed by atoms with van der Waals surface area (Å²) in [4.78, 5) is 7.65. The summed E-state index contributed by atoms with van der Waals surface area (Å²) >= 11 is 5.44. The van der Waals surface area contributed by atoms with Gasteiger partial charge in [0.05, 0.1) is 29.3 Å². The van der Waals surface area contributed by atoms with Gasteiger partial charge >= 0.3 is 0 Å². The molecule has 3 aromatic heterocycles. The molecule has 21 heavy (non-hydrogen) atoms. The molecule has 0 aliphatic carbocycles. The number of hydrogen-bond donors (Lipinski definition) is 1. The van der Waals surface area contributed by atoms with E-state index >= 15 is 0 Å². The zero-order valence-corrected chi connectivity index (χ0v) is 12.1. The van der Waals surface area contributed by atoms with E-state index < -0.39 is 0 Å². The first kappa shape index (κ1) is 12.3. The standard InChI is InChI=1S/C15H12N4OS/c1-9-6-10(18-20-9)8-19-14-11-4-2-3-5-12(11)16-7-13(14)17-15(19)21/h2-7H,8H2,1H3,(H,17,21). The fourth-order valence-electron chi connectivity index (χ4n) is 2.60. The lowest BCUT2D eigenvalue weighted by molar-refractivity contribution is 0.389. The van der Waals surface area contributed by atoms with Gasteiger partial charge in [0.2, 0.25) is 0 Å². The van der Waals surface area contributed by atoms with Crippen LogP contribution in [0.3, 0.4) is 0 Å². The van der Waals surface area contributed by atoms with Gasteiger partial charge in [-0.2, -0.15) is 0 Å². The van der Waals surface area contributed by atoms with Crippen molar-refractivity contribution < 1.29 is 4.52 Å². The molecule has 0 radical (unpaired) electrons. The highest BCUT2D eigenvalue weighted by atomic mass is 32.1. The second kappa shape index (κ2) is 4.53. The molecule has 0 aliphatic heterocycles. The van der Waals surface area contributed by atoms with E-state index in [9.17, 15) is 0 Å². The van der Waals surface area contributed by atoms with Gasteiger partial charge in [-0.05, 0) is 25.2 Å². The van der Waals surface area contributed by atoms with E-state index in [0.29, 0.717) is 11.3 Å². The Hall–Kier alpha value is -2.47. The minimum Gasteiger partial charge on any atom is -0.361 e. The Kier molecular flexibility index (Phi) is 2.65. The van der Waals surface area contributed by atoms with Crippen molar-refractivity contribution in [2.45, 2.75) is 13.5 Å². The predicted octanol–water partition coefficient (Wildman–Crippen LogP) is 3.59. The van der Waals surface area contributed by atoms with Crippen LogP contribution in [0.15, 0.2) is 41.1 Å². The van der Waals surface area contributed by atoms with Crippen LogP contribution in [-0.2, 0) is 6.54 Å². The number of aromatic nitrogens is 4. The highest BCUT2D eigenvalue weighted by Gasteiger charge is 2.11. The van der Waals surface area contributed by atoms with Crippen molar-refractivity contribution >= 4 is 34.2 Å². The zero-order chi connectivity index (χ0) is 14.4. The van der Waals surface area contributed by atoms with Crippen LogP contribution in [0.4, 0.5) is 0 Å². The lowest BCUT2D eigenvalue weighted by atomic mass is 10.2. The summed E-state index contributed by atoms with van der Waals surface area (Å²) in [6, 6.07) is 9.95. The summed E-state index contributed by atoms with van der Waals surface area (Å²) in [5, 5.41) is 5.12. The Morgan fingerprint density at radius 1 is 1.33 bits per heavy atom. The number of aryl methyl sites for hydroxylation is 1. The third-order valence-electron chi connectivity index (χ3n) is 3.50. The lowest BCUT2D eigenvalue weighted by Gasteiger charge is -2.04. The van der Waals surface area contributed by atoms with Crippen LogP contribution in [0.2, 0.25) is 0 Å². The van der Waals surface area contributed by atoms with Crippen molar-refractivity contribution in [3.8, 4) is 0 Å². The fraction of sp³-hybridized carbons (Fsp3) is 0.133. The first-order valence-electron chi connectivity index (χ1n) is 6.61. The molecule has 0 spiro atoms. The summed E-state index contributed by atoms with van der Waals surface area (Å²) < 4.78 is 7.82. The summed E-state index contributed by atoms with van der Waals surface area (Å²) in [6.45, 7) is 2.45. The van der Waals surface area contributed by atoms with Crippen molar-refractivity contribution in [3.05, 3.63) is 52.8 Å². The van der Waals surface area contributed by atoms with Crippen LogP contribution in [0.5, 0.6) is 0 Å². The van der Waals surface area contributed by atoms with Gasteiger partial charge in [0.25, 0.3) is 0 Å². The third-order valence-corrected chi connectivity index (χ3v) is 3.82. The average Bonchev–Trinajstić information content (AvgIpc) is 3.03. The van der Waals surface area contributed by atoms with Gasteiger partial charge in [0, 0.05) is 11.5 Å². The van der Waals surface area contributed by atoms with Gasteiger partial charge in [-0.25, -0.2) is 0 Å². The summed E-state index contributed by atoms with van der Waals surface area (Å²) in [5.41, 5.74) is 3.78. The number of nitrogens with zero attached hydrogens (tertiary/aromatic N) is 3. The van der Waals surface area contributed by atoms with Crippen LogP contribution in [0.1, 0.15) is 11.5 Å². The van der Waals surface area contributed by atoms with Crippen LogP contribution < -0.4 is 0 Å². The normalized spacial score (nSPS) is 11.5. The maximum Gasteiger partial charge on any atom is 0.178 e. The predicted molar refractivity (Wildman–Crippen MR) is 82.8 cm³/mol. The number of para-hydroxylation sites is 1. The van der Waals surface area contributed by atoms with E-state index in [1.807, 2.05) is 42.0 Å². The second-order valence-corrected chi connectivity index (χ2v) is 5.37. The average molecular weight is 296 g/mol. The SMILES string of the molecule is Cc1cc(Cn2c(=S)[nH]c3cnc4ccccc4c32)no1. The molecule has 6 heteroatoms. The minimum absolute atomic E-state index is 0.574. The number of imidazole rings is 1. The number of H-pyrrole nitrogens is 1. The third kappa shape index (κ3) is 1.95. The molecule has 1 N–H and O–H groups in total. The molecule has 0 saturated carbocycles. The van der Waals surface area contributed by atoms with E-state index in [1.165, 1.54) is 0 Å². The molecule has 104 valence electrons. The first-order chi connectivity index (χ1) is 10.2. The molecule has 4 rings (SSSR count). The van der Waals surface area contributed by atoms with Crippen LogP contribution in [-0.4, -0.2) is 19.7 Å². The van der Waals surface area contributed by atoms with Gasteiger partial charge < -0.3 is 14.1 Å². The summed E-state index contributed by atoms with van der Waals surface area (Å²) in [6.07, 6.45) is 1.82. The molecule has 0 unspecified atom stereocenters. The number of nitrogens with one attached hydrogen (secondary N) is 1. The molecule has 3 heterocycles. The summed E-state index contributed by atoms with van der Waals surface area (Å²) in [7, 11) is 0. The number of rotatable bonds is 2. The van der Waals surface area contributed by atoms with Gasteiger partial charge in [-0.1, -0.05) is 23.4 Å². The molecular weight excluding hydrogens is 284 g/mol. The van der Waals surface area contributed by atoms with Gasteiger partial charge in [-0.3, -0.25) is 4.98 Å². The van der Waals surface area contributed by atoms with Crippen LogP contribution in [0, 0.1) is 11.7 Å². The Balaban J connectivity index is 2.01. The maximum absolute atomic E-state index is 5.44. The van der Waals surface area contributed by atoms with E-state index in [0.717, 1.165) is 33.4 Å². The van der Waals surface area contributed by atoms with E-state index in [-0.39, 0.29) is 0 Å². The fourth-order valence-corrected chi connectivity index (χ4v) is 2.86. The smallest absolute Gasteiger partial charge is 0.178 e. The monoisotopic (exact) mass is 296 g/mol. The molecule has 0 bridgehead atoms. The molecule has 0 aliphatic rings. The Morgan fingerprint density at radius 3 is 3.00 bits per heavy atom. The quantitative estimate of drug-likeness (QED) is 0.574. The van der Waals surface area contributed by atoms with Crippen molar-refractivity contribution in [1.82, 2.24) is 19.7 Å². The number of benzene rings is 1. The van der Waals surface area contributed by atoms with Crippen molar-refractivity contribution in [2.24, 2.45) is 0 Å². The Labute approximate surface area is 125 Å². The number of pyridine rings is 1. The van der Waals surface area contributed by atoms with Crippen LogP contribution >= 0.6 is 12.2 Å². The van der Waals surface area contributed by atoms with E-state index in [2.05, 4.69) is 21.2 Å². The minimum atomic E-state index is 0.574. The highest BCUT2D eigenvalue weighted by Crippen LogP contribution is 2.24. The Bertz CT molecular complexity index is 1010. The summed E-state index contributed by atoms with van der Waals surface area (Å²) in [5.74, 6) is 0.794. The molecule has 0 atom stereocenters. The number of aromatic amines is 1. The van der Waals surface area contributed by atoms with Gasteiger partial charge in [-0.15, -0.1) is 0 Å². The van der Waals surface area contributed by atoms with E-state index in [4.69, 9.17) is 16.7 Å². The molecule has 5 nitrogen and oxygen atoms in total. The van der Waals surface area contributed by atoms with Gasteiger partial charge in [0.15, 0.2) is 4.77 Å². The van der Waals surface area contributed by atoms with Crippen molar-refractivity contribution in [2.75, 3.05) is 0 Å². The highest BCUT2D eigenvalue weighted by molar-refractivity contribution is 7.71. The molecule has 1 aromatic carbocycles. The molecule has 0 saturated heterocycles. The molecule has 0 amide bonds.